The molecule has 0 saturated carbocycles. The van der Waals surface area contributed by atoms with Gasteiger partial charge in [0.2, 0.25) is 11.2 Å². The molecular formula is C24H27BN3O2+. The van der Waals surface area contributed by atoms with Gasteiger partial charge in [-0.15, -0.1) is 0 Å². The molecule has 0 atom stereocenters. The summed E-state index contributed by atoms with van der Waals surface area (Å²) in [5.74, 6) is 0. The number of aromatic nitrogens is 1. The van der Waals surface area contributed by atoms with Gasteiger partial charge in [-0.1, -0.05) is 36.4 Å². The van der Waals surface area contributed by atoms with Gasteiger partial charge in [-0.05, 0) is 44.3 Å². The molecule has 0 radical (unpaired) electrons. The van der Waals surface area contributed by atoms with E-state index in [1.807, 2.05) is 44.2 Å². The summed E-state index contributed by atoms with van der Waals surface area (Å²) in [7, 11) is 4.40. The van der Waals surface area contributed by atoms with Crippen LogP contribution in [-0.4, -0.2) is 43.2 Å². The zero-order chi connectivity index (χ0) is 21.3. The third-order valence-corrected chi connectivity index (χ3v) is 5.42. The number of hydrogen-bond acceptors (Lipinski definition) is 4. The van der Waals surface area contributed by atoms with Gasteiger partial charge >= 0.3 is 7.12 Å². The quantitative estimate of drug-likeness (QED) is 0.262. The van der Waals surface area contributed by atoms with Gasteiger partial charge in [-0.2, -0.15) is 4.57 Å². The maximum absolute atomic E-state index is 9.99. The summed E-state index contributed by atoms with van der Waals surface area (Å²) in [5.41, 5.74) is 4.69. The number of hydrogen-bond donors (Lipinski definition) is 3. The molecule has 5 nitrogen and oxygen atoms in total. The highest BCUT2D eigenvalue weighted by molar-refractivity contribution is 6.59. The van der Waals surface area contributed by atoms with Crippen LogP contribution in [0.15, 0.2) is 66.9 Å². The fourth-order valence-electron chi connectivity index (χ4n) is 4.13. The second-order valence-corrected chi connectivity index (χ2v) is 7.92. The van der Waals surface area contributed by atoms with E-state index in [0.717, 1.165) is 28.7 Å². The van der Waals surface area contributed by atoms with E-state index in [-0.39, 0.29) is 0 Å². The van der Waals surface area contributed by atoms with Crippen molar-refractivity contribution in [1.29, 1.82) is 0 Å². The molecule has 0 saturated heterocycles. The van der Waals surface area contributed by atoms with Gasteiger partial charge in [0.1, 0.15) is 0 Å². The number of rotatable bonds is 6. The molecule has 0 fully saturated rings. The number of benzene rings is 3. The Bertz CT molecular complexity index is 1210. The van der Waals surface area contributed by atoms with Crippen molar-refractivity contribution in [1.82, 2.24) is 10.2 Å². The van der Waals surface area contributed by atoms with E-state index in [2.05, 4.69) is 52.5 Å². The van der Waals surface area contributed by atoms with Crippen LogP contribution in [0.3, 0.4) is 0 Å². The summed E-state index contributed by atoms with van der Waals surface area (Å²) in [6, 6.07) is 20.6. The Balaban J connectivity index is 2.07. The normalized spacial score (nSPS) is 11.5. The Kier molecular flexibility index (Phi) is 5.84. The predicted octanol–water partition coefficient (Wildman–Crippen LogP) is 1.73. The van der Waals surface area contributed by atoms with E-state index in [1.165, 1.54) is 16.3 Å². The molecule has 0 aliphatic heterocycles. The van der Waals surface area contributed by atoms with Crippen molar-refractivity contribution in [3.63, 3.8) is 0 Å². The van der Waals surface area contributed by atoms with Gasteiger partial charge in [0.25, 0.3) is 0 Å². The molecule has 1 heterocycles. The molecule has 0 aliphatic rings. The van der Waals surface area contributed by atoms with Gasteiger partial charge in [-0.3, -0.25) is 0 Å². The maximum atomic E-state index is 9.99. The molecule has 152 valence electrons. The van der Waals surface area contributed by atoms with Crippen LogP contribution in [-0.2, 0) is 13.1 Å². The molecule has 3 aromatic carbocycles. The molecule has 30 heavy (non-hydrogen) atoms. The minimum atomic E-state index is -1.52. The van der Waals surface area contributed by atoms with E-state index in [4.69, 9.17) is 0 Å². The molecule has 3 N–H and O–H groups in total. The fraction of sp³-hybridized carbons (Fsp3) is 0.208. The van der Waals surface area contributed by atoms with Crippen LogP contribution in [0, 0.1) is 0 Å². The Morgan fingerprint density at radius 1 is 0.967 bits per heavy atom. The molecule has 0 amide bonds. The molecule has 0 spiro atoms. The standard InChI is InChI=1S/C24H27BN3O2/c1-26-14-17-11-12-24-20(13-17)19-8-5-4-7-18(19)15-28(24)23-10-6-9-22(25(29)30)21(23)16-27(2)3/h4-13,15,26,29-30H,14,16H2,1-3H3/q+1. The summed E-state index contributed by atoms with van der Waals surface area (Å²) < 4.78 is 2.17. The number of nitrogens with zero attached hydrogens (tertiary/aromatic N) is 2. The lowest BCUT2D eigenvalue weighted by atomic mass is 9.76. The molecular weight excluding hydrogens is 373 g/mol. The Hall–Kier alpha value is -2.77. The maximum Gasteiger partial charge on any atom is 0.489 e. The third kappa shape index (κ3) is 3.83. The Morgan fingerprint density at radius 3 is 2.50 bits per heavy atom. The first-order valence-corrected chi connectivity index (χ1v) is 10.1. The average molecular weight is 400 g/mol. The number of fused-ring (bicyclic) bond motifs is 3. The highest BCUT2D eigenvalue weighted by atomic mass is 16.4. The minimum Gasteiger partial charge on any atom is -0.423 e. The summed E-state index contributed by atoms with van der Waals surface area (Å²) in [6.07, 6.45) is 2.14. The SMILES string of the molecule is CNCc1ccc2c(c1)c1ccccc1c[n+]2-c1cccc(B(O)O)c1CN(C)C. The molecule has 0 unspecified atom stereocenters. The van der Waals surface area contributed by atoms with Crippen LogP contribution < -0.4 is 15.3 Å². The van der Waals surface area contributed by atoms with Gasteiger partial charge in [-0.25, -0.2) is 0 Å². The Labute approximate surface area is 177 Å². The van der Waals surface area contributed by atoms with Crippen molar-refractivity contribution in [2.24, 2.45) is 0 Å². The van der Waals surface area contributed by atoms with Crippen molar-refractivity contribution in [3.05, 3.63) is 78.0 Å². The van der Waals surface area contributed by atoms with Crippen LogP contribution >= 0.6 is 0 Å². The van der Waals surface area contributed by atoms with Crippen LogP contribution in [0.1, 0.15) is 11.1 Å². The second-order valence-electron chi connectivity index (χ2n) is 7.92. The lowest BCUT2D eigenvalue weighted by molar-refractivity contribution is -0.566. The summed E-state index contributed by atoms with van der Waals surface area (Å²) in [5, 5.41) is 26.7. The van der Waals surface area contributed by atoms with Crippen molar-refractivity contribution in [3.8, 4) is 5.69 Å². The third-order valence-electron chi connectivity index (χ3n) is 5.42. The Morgan fingerprint density at radius 2 is 1.77 bits per heavy atom. The zero-order valence-corrected chi connectivity index (χ0v) is 17.6. The van der Waals surface area contributed by atoms with Crippen LogP contribution in [0.25, 0.3) is 27.4 Å². The summed E-state index contributed by atoms with van der Waals surface area (Å²) >= 11 is 0. The molecule has 6 heteroatoms. The zero-order valence-electron chi connectivity index (χ0n) is 17.6. The first kappa shape index (κ1) is 20.5. The van der Waals surface area contributed by atoms with Crippen molar-refractivity contribution >= 4 is 34.3 Å². The van der Waals surface area contributed by atoms with E-state index in [1.54, 1.807) is 6.07 Å². The van der Waals surface area contributed by atoms with Crippen molar-refractivity contribution < 1.29 is 14.6 Å². The van der Waals surface area contributed by atoms with Crippen molar-refractivity contribution in [2.75, 3.05) is 21.1 Å². The highest BCUT2D eigenvalue weighted by Crippen LogP contribution is 2.25. The molecule has 4 rings (SSSR count). The van der Waals surface area contributed by atoms with Crippen LogP contribution in [0.4, 0.5) is 0 Å². The minimum absolute atomic E-state index is 0.529. The number of pyridine rings is 1. The van der Waals surface area contributed by atoms with E-state index in [9.17, 15) is 10.0 Å². The lowest BCUT2D eigenvalue weighted by Crippen LogP contribution is -2.41. The molecule has 4 aromatic rings. The molecule has 0 aliphatic carbocycles. The summed E-state index contributed by atoms with van der Waals surface area (Å²) in [4.78, 5) is 2.04. The van der Waals surface area contributed by atoms with E-state index in [0.29, 0.717) is 12.0 Å². The second kappa shape index (κ2) is 8.54. The van der Waals surface area contributed by atoms with Crippen molar-refractivity contribution in [2.45, 2.75) is 13.1 Å². The monoisotopic (exact) mass is 400 g/mol. The lowest BCUT2D eigenvalue weighted by Gasteiger charge is -2.16. The largest absolute Gasteiger partial charge is 0.489 e. The topological polar surface area (TPSA) is 59.6 Å². The van der Waals surface area contributed by atoms with Gasteiger partial charge in [0.05, 0.1) is 5.39 Å². The van der Waals surface area contributed by atoms with Gasteiger partial charge in [0.15, 0.2) is 6.20 Å². The molecule has 0 bridgehead atoms. The fourth-order valence-corrected chi connectivity index (χ4v) is 4.13. The van der Waals surface area contributed by atoms with E-state index < -0.39 is 7.12 Å². The highest BCUT2D eigenvalue weighted by Gasteiger charge is 2.25. The average Bonchev–Trinajstić information content (AvgIpc) is 2.73. The predicted molar refractivity (Wildman–Crippen MR) is 123 cm³/mol. The van der Waals surface area contributed by atoms with Gasteiger partial charge in [0, 0.05) is 41.6 Å². The van der Waals surface area contributed by atoms with Crippen LogP contribution in [0.5, 0.6) is 0 Å². The smallest absolute Gasteiger partial charge is 0.423 e. The first-order chi connectivity index (χ1) is 14.5. The van der Waals surface area contributed by atoms with Crippen LogP contribution in [0.2, 0.25) is 0 Å². The first-order valence-electron chi connectivity index (χ1n) is 10.1. The molecule has 1 aromatic heterocycles. The summed E-state index contributed by atoms with van der Waals surface area (Å²) in [6.45, 7) is 1.40. The number of nitrogens with one attached hydrogen (secondary N) is 1. The van der Waals surface area contributed by atoms with Gasteiger partial charge < -0.3 is 20.3 Å². The van der Waals surface area contributed by atoms with E-state index >= 15 is 0 Å².